The van der Waals surface area contributed by atoms with Crippen molar-refractivity contribution >= 4 is 11.8 Å². The molecule has 2 N–H and O–H groups in total. The summed E-state index contributed by atoms with van der Waals surface area (Å²) in [5.74, 6) is -0.120. The second-order valence-corrected chi connectivity index (χ2v) is 3.79. The van der Waals surface area contributed by atoms with Crippen molar-refractivity contribution in [3.63, 3.8) is 0 Å². The zero-order valence-corrected chi connectivity index (χ0v) is 9.68. The molecule has 1 heterocycles. The van der Waals surface area contributed by atoms with E-state index in [2.05, 4.69) is 10.3 Å². The number of pyridine rings is 1. The van der Waals surface area contributed by atoms with Gasteiger partial charge in [0, 0.05) is 19.2 Å². The highest BCUT2D eigenvalue weighted by molar-refractivity contribution is 5.67. The van der Waals surface area contributed by atoms with Crippen molar-refractivity contribution in [3.05, 3.63) is 23.9 Å². The topological polar surface area (TPSA) is 86.0 Å². The van der Waals surface area contributed by atoms with Crippen LogP contribution in [-0.4, -0.2) is 22.6 Å². The third-order valence-corrected chi connectivity index (χ3v) is 2.50. The molecule has 1 rings (SSSR count). The molecule has 0 fully saturated rings. The van der Waals surface area contributed by atoms with Gasteiger partial charge in [0.1, 0.15) is 5.82 Å². The number of aliphatic carboxylic acids is 1. The van der Waals surface area contributed by atoms with Crippen LogP contribution in [0, 0.1) is 17.2 Å². The van der Waals surface area contributed by atoms with Crippen LogP contribution in [0.5, 0.6) is 0 Å². The third-order valence-electron chi connectivity index (χ3n) is 2.50. The fourth-order valence-electron chi connectivity index (χ4n) is 1.45. The number of nitriles is 1. The van der Waals surface area contributed by atoms with E-state index in [9.17, 15) is 4.79 Å². The lowest BCUT2D eigenvalue weighted by Gasteiger charge is -2.13. The Bertz CT molecular complexity index is 426. The van der Waals surface area contributed by atoms with E-state index in [0.29, 0.717) is 17.9 Å². The van der Waals surface area contributed by atoms with E-state index in [0.717, 1.165) is 6.42 Å². The molecule has 5 heteroatoms. The first-order chi connectivity index (χ1) is 8.15. The van der Waals surface area contributed by atoms with Crippen molar-refractivity contribution in [3.8, 4) is 6.07 Å². The fraction of sp³-hybridized carbons (Fsp3) is 0.417. The second-order valence-electron chi connectivity index (χ2n) is 3.79. The normalized spacial score (nSPS) is 11.5. The molecule has 1 unspecified atom stereocenters. The minimum atomic E-state index is -0.794. The molecule has 0 bridgehead atoms. The van der Waals surface area contributed by atoms with Crippen LogP contribution in [0.4, 0.5) is 5.82 Å². The maximum Gasteiger partial charge on any atom is 0.303 e. The van der Waals surface area contributed by atoms with E-state index in [1.54, 1.807) is 18.3 Å². The van der Waals surface area contributed by atoms with Crippen molar-refractivity contribution in [2.45, 2.75) is 19.8 Å². The standard InChI is InChI=1S/C12H15N3O2/c1-2-9(6-12(16)17)8-15-11-5-10(7-13)3-4-14-11/h3-5,9H,2,6,8H2,1H3,(H,14,15)(H,16,17). The van der Waals surface area contributed by atoms with Gasteiger partial charge in [-0.3, -0.25) is 4.79 Å². The Morgan fingerprint density at radius 1 is 1.71 bits per heavy atom. The molecule has 0 aliphatic heterocycles. The Kier molecular flexibility index (Phi) is 4.95. The molecular weight excluding hydrogens is 218 g/mol. The molecule has 0 amide bonds. The number of carbonyl (C=O) groups is 1. The maximum absolute atomic E-state index is 10.6. The van der Waals surface area contributed by atoms with E-state index in [1.165, 1.54) is 0 Å². The number of hydrogen-bond acceptors (Lipinski definition) is 4. The van der Waals surface area contributed by atoms with Gasteiger partial charge in [-0.05, 0) is 18.1 Å². The Morgan fingerprint density at radius 2 is 2.47 bits per heavy atom. The summed E-state index contributed by atoms with van der Waals surface area (Å²) in [4.78, 5) is 14.7. The zero-order chi connectivity index (χ0) is 12.7. The molecule has 0 spiro atoms. The average molecular weight is 233 g/mol. The van der Waals surface area contributed by atoms with Gasteiger partial charge < -0.3 is 10.4 Å². The van der Waals surface area contributed by atoms with Crippen LogP contribution in [0.2, 0.25) is 0 Å². The van der Waals surface area contributed by atoms with Crippen LogP contribution in [0.25, 0.3) is 0 Å². The highest BCUT2D eigenvalue weighted by atomic mass is 16.4. The molecule has 0 aliphatic rings. The molecule has 17 heavy (non-hydrogen) atoms. The van der Waals surface area contributed by atoms with E-state index < -0.39 is 5.97 Å². The minimum absolute atomic E-state index is 0.0695. The number of carboxylic acids is 1. The van der Waals surface area contributed by atoms with Crippen molar-refractivity contribution in [2.24, 2.45) is 5.92 Å². The van der Waals surface area contributed by atoms with Crippen LogP contribution in [0.15, 0.2) is 18.3 Å². The van der Waals surface area contributed by atoms with Crippen LogP contribution in [0.3, 0.4) is 0 Å². The number of anilines is 1. The summed E-state index contributed by atoms with van der Waals surface area (Å²) in [5.41, 5.74) is 0.536. The molecule has 1 atom stereocenters. The predicted molar refractivity (Wildman–Crippen MR) is 63.5 cm³/mol. The molecular formula is C12H15N3O2. The number of hydrogen-bond donors (Lipinski definition) is 2. The summed E-state index contributed by atoms with van der Waals surface area (Å²) >= 11 is 0. The van der Waals surface area contributed by atoms with Gasteiger partial charge in [0.25, 0.3) is 0 Å². The van der Waals surface area contributed by atoms with Crippen LogP contribution in [-0.2, 0) is 4.79 Å². The predicted octanol–water partition coefficient (Wildman–Crippen LogP) is 1.87. The van der Waals surface area contributed by atoms with Gasteiger partial charge in [0.15, 0.2) is 0 Å². The Morgan fingerprint density at radius 3 is 3.06 bits per heavy atom. The average Bonchev–Trinajstić information content (AvgIpc) is 2.34. The monoisotopic (exact) mass is 233 g/mol. The van der Waals surface area contributed by atoms with Crippen molar-refractivity contribution in [1.82, 2.24) is 4.98 Å². The van der Waals surface area contributed by atoms with Gasteiger partial charge >= 0.3 is 5.97 Å². The number of nitrogens with one attached hydrogen (secondary N) is 1. The van der Waals surface area contributed by atoms with Gasteiger partial charge in [-0.25, -0.2) is 4.98 Å². The van der Waals surface area contributed by atoms with E-state index >= 15 is 0 Å². The van der Waals surface area contributed by atoms with Gasteiger partial charge in [-0.2, -0.15) is 5.26 Å². The van der Waals surface area contributed by atoms with Crippen LogP contribution in [0.1, 0.15) is 25.3 Å². The molecule has 0 radical (unpaired) electrons. The van der Waals surface area contributed by atoms with E-state index in [-0.39, 0.29) is 12.3 Å². The van der Waals surface area contributed by atoms with Crippen molar-refractivity contribution < 1.29 is 9.90 Å². The molecule has 1 aromatic rings. The van der Waals surface area contributed by atoms with Crippen molar-refractivity contribution in [2.75, 3.05) is 11.9 Å². The second kappa shape index (κ2) is 6.48. The number of carboxylic acid groups (broad SMARTS) is 1. The first-order valence-corrected chi connectivity index (χ1v) is 5.47. The summed E-state index contributed by atoms with van der Waals surface area (Å²) in [7, 11) is 0. The Balaban J connectivity index is 2.53. The lowest BCUT2D eigenvalue weighted by atomic mass is 10.0. The van der Waals surface area contributed by atoms with Crippen LogP contribution < -0.4 is 5.32 Å². The van der Waals surface area contributed by atoms with Gasteiger partial charge in [0.2, 0.25) is 0 Å². The molecule has 0 saturated carbocycles. The smallest absolute Gasteiger partial charge is 0.303 e. The van der Waals surface area contributed by atoms with E-state index in [1.807, 2.05) is 13.0 Å². The van der Waals surface area contributed by atoms with Gasteiger partial charge in [-0.15, -0.1) is 0 Å². The minimum Gasteiger partial charge on any atom is -0.481 e. The maximum atomic E-state index is 10.6. The summed E-state index contributed by atoms with van der Waals surface area (Å²) in [6, 6.07) is 5.30. The summed E-state index contributed by atoms with van der Waals surface area (Å²) < 4.78 is 0. The number of nitrogens with zero attached hydrogens (tertiary/aromatic N) is 2. The molecule has 5 nitrogen and oxygen atoms in total. The number of aromatic nitrogens is 1. The van der Waals surface area contributed by atoms with Crippen LogP contribution >= 0.6 is 0 Å². The lowest BCUT2D eigenvalue weighted by molar-refractivity contribution is -0.138. The van der Waals surface area contributed by atoms with Gasteiger partial charge in [-0.1, -0.05) is 13.3 Å². The molecule has 0 aromatic carbocycles. The summed E-state index contributed by atoms with van der Waals surface area (Å²) in [5, 5.41) is 20.5. The first-order valence-electron chi connectivity index (χ1n) is 5.47. The Hall–Kier alpha value is -2.09. The molecule has 90 valence electrons. The SMILES string of the molecule is CCC(CNc1cc(C#N)ccn1)CC(=O)O. The lowest BCUT2D eigenvalue weighted by Crippen LogP contribution is -2.17. The molecule has 1 aromatic heterocycles. The van der Waals surface area contributed by atoms with Gasteiger partial charge in [0.05, 0.1) is 11.6 Å². The highest BCUT2D eigenvalue weighted by Gasteiger charge is 2.11. The third kappa shape index (κ3) is 4.51. The Labute approximate surface area is 100 Å². The fourth-order valence-corrected chi connectivity index (χ4v) is 1.45. The van der Waals surface area contributed by atoms with Crippen molar-refractivity contribution in [1.29, 1.82) is 5.26 Å². The number of rotatable bonds is 6. The first kappa shape index (κ1) is 13.0. The summed E-state index contributed by atoms with van der Waals surface area (Å²) in [6.07, 6.45) is 2.48. The van der Waals surface area contributed by atoms with E-state index in [4.69, 9.17) is 10.4 Å². The molecule has 0 aliphatic carbocycles. The molecule has 0 saturated heterocycles. The largest absolute Gasteiger partial charge is 0.481 e. The zero-order valence-electron chi connectivity index (χ0n) is 9.68. The highest BCUT2D eigenvalue weighted by Crippen LogP contribution is 2.11. The quantitative estimate of drug-likeness (QED) is 0.783. The summed E-state index contributed by atoms with van der Waals surface area (Å²) in [6.45, 7) is 2.50.